The third-order valence-electron chi connectivity index (χ3n) is 5.14. The van der Waals surface area contributed by atoms with Crippen molar-refractivity contribution in [3.05, 3.63) is 35.9 Å². The number of aliphatic hydroxyl groups excluding tert-OH is 1. The number of rotatable bonds is 7. The standard InChI is InChI=1S/C20H31NO2/c1-20(2,12-13-22)15-21-19(23)14-16-8-10-18(11-9-16)17-6-4-3-5-7-17/h3-7,16,18,22H,8-15H2,1-2H3,(H,21,23). The van der Waals surface area contributed by atoms with Gasteiger partial charge in [0.25, 0.3) is 0 Å². The molecule has 1 aliphatic rings. The first-order valence-corrected chi connectivity index (χ1v) is 8.93. The van der Waals surface area contributed by atoms with Crippen LogP contribution < -0.4 is 5.32 Å². The summed E-state index contributed by atoms with van der Waals surface area (Å²) < 4.78 is 0. The van der Waals surface area contributed by atoms with Crippen molar-refractivity contribution < 1.29 is 9.90 Å². The molecule has 0 spiro atoms. The summed E-state index contributed by atoms with van der Waals surface area (Å²) in [6, 6.07) is 10.7. The maximum Gasteiger partial charge on any atom is 0.220 e. The molecule has 1 saturated carbocycles. The molecule has 1 aromatic rings. The van der Waals surface area contributed by atoms with E-state index < -0.39 is 0 Å². The molecule has 0 aliphatic heterocycles. The predicted molar refractivity (Wildman–Crippen MR) is 94.3 cm³/mol. The van der Waals surface area contributed by atoms with E-state index in [1.165, 1.54) is 18.4 Å². The molecule has 0 radical (unpaired) electrons. The molecule has 0 bridgehead atoms. The number of hydrogen-bond donors (Lipinski definition) is 2. The topological polar surface area (TPSA) is 49.3 Å². The fourth-order valence-corrected chi connectivity index (χ4v) is 3.49. The van der Waals surface area contributed by atoms with Crippen LogP contribution in [0.2, 0.25) is 0 Å². The molecule has 23 heavy (non-hydrogen) atoms. The molecular weight excluding hydrogens is 286 g/mol. The Morgan fingerprint density at radius 1 is 1.17 bits per heavy atom. The molecule has 0 heterocycles. The first-order valence-electron chi connectivity index (χ1n) is 8.93. The van der Waals surface area contributed by atoms with E-state index in [4.69, 9.17) is 5.11 Å². The Hall–Kier alpha value is -1.35. The Balaban J connectivity index is 1.71. The zero-order valence-electron chi connectivity index (χ0n) is 14.6. The van der Waals surface area contributed by atoms with Crippen LogP contribution in [-0.2, 0) is 4.79 Å². The summed E-state index contributed by atoms with van der Waals surface area (Å²) in [6.45, 7) is 4.97. The van der Waals surface area contributed by atoms with E-state index >= 15 is 0 Å². The van der Waals surface area contributed by atoms with Crippen LogP contribution in [0.15, 0.2) is 30.3 Å². The Morgan fingerprint density at radius 2 is 1.83 bits per heavy atom. The van der Waals surface area contributed by atoms with Gasteiger partial charge in [0, 0.05) is 19.6 Å². The van der Waals surface area contributed by atoms with Crippen LogP contribution >= 0.6 is 0 Å². The van der Waals surface area contributed by atoms with Crippen molar-refractivity contribution in [1.82, 2.24) is 5.32 Å². The lowest BCUT2D eigenvalue weighted by atomic mass is 9.77. The van der Waals surface area contributed by atoms with E-state index in [-0.39, 0.29) is 17.9 Å². The summed E-state index contributed by atoms with van der Waals surface area (Å²) in [4.78, 5) is 12.1. The van der Waals surface area contributed by atoms with Crippen LogP contribution in [0.3, 0.4) is 0 Å². The van der Waals surface area contributed by atoms with Gasteiger partial charge in [0.15, 0.2) is 0 Å². The number of carbonyl (C=O) groups is 1. The summed E-state index contributed by atoms with van der Waals surface area (Å²) >= 11 is 0. The van der Waals surface area contributed by atoms with E-state index in [0.29, 0.717) is 24.8 Å². The zero-order valence-corrected chi connectivity index (χ0v) is 14.6. The van der Waals surface area contributed by atoms with Crippen molar-refractivity contribution in [2.24, 2.45) is 11.3 Å². The first kappa shape index (κ1) is 18.0. The smallest absolute Gasteiger partial charge is 0.220 e. The molecule has 1 fully saturated rings. The van der Waals surface area contributed by atoms with Gasteiger partial charge in [-0.05, 0) is 54.9 Å². The Morgan fingerprint density at radius 3 is 2.43 bits per heavy atom. The van der Waals surface area contributed by atoms with E-state index in [2.05, 4.69) is 49.5 Å². The lowest BCUT2D eigenvalue weighted by molar-refractivity contribution is -0.122. The van der Waals surface area contributed by atoms with E-state index in [1.807, 2.05) is 0 Å². The van der Waals surface area contributed by atoms with Crippen molar-refractivity contribution in [2.75, 3.05) is 13.2 Å². The summed E-state index contributed by atoms with van der Waals surface area (Å²) in [7, 11) is 0. The largest absolute Gasteiger partial charge is 0.396 e. The quantitative estimate of drug-likeness (QED) is 0.802. The maximum absolute atomic E-state index is 12.1. The van der Waals surface area contributed by atoms with Crippen LogP contribution in [0.1, 0.15) is 63.9 Å². The Labute approximate surface area is 140 Å². The minimum Gasteiger partial charge on any atom is -0.396 e. The van der Waals surface area contributed by atoms with Gasteiger partial charge in [-0.1, -0.05) is 44.2 Å². The molecule has 2 rings (SSSR count). The van der Waals surface area contributed by atoms with Crippen molar-refractivity contribution in [1.29, 1.82) is 0 Å². The number of hydrogen-bond acceptors (Lipinski definition) is 2. The van der Waals surface area contributed by atoms with Crippen molar-refractivity contribution >= 4 is 5.91 Å². The third-order valence-corrected chi connectivity index (χ3v) is 5.14. The molecule has 128 valence electrons. The number of benzene rings is 1. The maximum atomic E-state index is 12.1. The molecule has 1 aromatic carbocycles. The second-order valence-electron chi connectivity index (χ2n) is 7.75. The van der Waals surface area contributed by atoms with E-state index in [9.17, 15) is 4.79 Å². The minimum atomic E-state index is -0.0324. The van der Waals surface area contributed by atoms with Gasteiger partial charge in [0.2, 0.25) is 5.91 Å². The van der Waals surface area contributed by atoms with Crippen LogP contribution in [-0.4, -0.2) is 24.2 Å². The summed E-state index contributed by atoms with van der Waals surface area (Å²) in [6.07, 6.45) is 6.04. The zero-order chi connectivity index (χ0) is 16.7. The van der Waals surface area contributed by atoms with Gasteiger partial charge in [-0.25, -0.2) is 0 Å². The van der Waals surface area contributed by atoms with Gasteiger partial charge in [0.05, 0.1) is 0 Å². The lowest BCUT2D eigenvalue weighted by Crippen LogP contribution is -2.35. The molecule has 2 N–H and O–H groups in total. The molecule has 3 heteroatoms. The summed E-state index contributed by atoms with van der Waals surface area (Å²) in [5.74, 6) is 1.36. The lowest BCUT2D eigenvalue weighted by Gasteiger charge is -2.29. The monoisotopic (exact) mass is 317 g/mol. The van der Waals surface area contributed by atoms with Gasteiger partial charge in [-0.15, -0.1) is 0 Å². The Bertz CT molecular complexity index is 476. The highest BCUT2D eigenvalue weighted by molar-refractivity contribution is 5.76. The molecule has 0 unspecified atom stereocenters. The van der Waals surface area contributed by atoms with E-state index in [0.717, 1.165) is 19.3 Å². The molecule has 0 aromatic heterocycles. The van der Waals surface area contributed by atoms with Crippen LogP contribution in [0.4, 0.5) is 0 Å². The van der Waals surface area contributed by atoms with Gasteiger partial charge < -0.3 is 10.4 Å². The second kappa shape index (κ2) is 8.49. The van der Waals surface area contributed by atoms with Crippen molar-refractivity contribution in [3.63, 3.8) is 0 Å². The average molecular weight is 317 g/mol. The number of aliphatic hydroxyl groups is 1. The molecule has 0 atom stereocenters. The van der Waals surface area contributed by atoms with Gasteiger partial charge in [-0.3, -0.25) is 4.79 Å². The first-order chi connectivity index (χ1) is 11.0. The third kappa shape index (κ3) is 5.98. The number of carbonyl (C=O) groups excluding carboxylic acids is 1. The van der Waals surface area contributed by atoms with Crippen LogP contribution in [0.25, 0.3) is 0 Å². The number of nitrogens with one attached hydrogen (secondary N) is 1. The predicted octanol–water partition coefficient (Wildman–Crippen LogP) is 3.88. The molecule has 1 aliphatic carbocycles. The highest BCUT2D eigenvalue weighted by Gasteiger charge is 2.25. The molecule has 0 saturated heterocycles. The summed E-state index contributed by atoms with van der Waals surface area (Å²) in [5.41, 5.74) is 1.41. The molecule has 3 nitrogen and oxygen atoms in total. The molecule has 1 amide bonds. The highest BCUT2D eigenvalue weighted by atomic mass is 16.3. The van der Waals surface area contributed by atoms with E-state index in [1.54, 1.807) is 0 Å². The average Bonchev–Trinajstić information content (AvgIpc) is 2.55. The Kier molecular flexibility index (Phi) is 6.64. The van der Waals surface area contributed by atoms with Crippen LogP contribution in [0, 0.1) is 11.3 Å². The fraction of sp³-hybridized carbons (Fsp3) is 0.650. The molecular formula is C20H31NO2. The van der Waals surface area contributed by atoms with Gasteiger partial charge >= 0.3 is 0 Å². The van der Waals surface area contributed by atoms with Gasteiger partial charge in [-0.2, -0.15) is 0 Å². The normalized spacial score (nSPS) is 21.9. The summed E-state index contributed by atoms with van der Waals surface area (Å²) in [5, 5.41) is 12.1. The van der Waals surface area contributed by atoms with Crippen molar-refractivity contribution in [3.8, 4) is 0 Å². The SMILES string of the molecule is CC(C)(CCO)CNC(=O)CC1CCC(c2ccccc2)CC1. The van der Waals surface area contributed by atoms with Crippen LogP contribution in [0.5, 0.6) is 0 Å². The second-order valence-corrected chi connectivity index (χ2v) is 7.75. The van der Waals surface area contributed by atoms with Gasteiger partial charge in [0.1, 0.15) is 0 Å². The minimum absolute atomic E-state index is 0.0324. The van der Waals surface area contributed by atoms with Crippen molar-refractivity contribution in [2.45, 2.75) is 58.3 Å². The fourth-order valence-electron chi connectivity index (χ4n) is 3.49. The highest BCUT2D eigenvalue weighted by Crippen LogP contribution is 2.36. The number of amides is 1.